The molecule has 0 spiro atoms. The Kier molecular flexibility index (Phi) is 6.96. The number of hydrogen-bond acceptors (Lipinski definition) is 4. The predicted octanol–water partition coefficient (Wildman–Crippen LogP) is 1.16. The highest BCUT2D eigenvalue weighted by atomic mass is 16.5. The van der Waals surface area contributed by atoms with Crippen molar-refractivity contribution < 1.29 is 19.4 Å². The fourth-order valence-corrected chi connectivity index (χ4v) is 1.23. The minimum atomic E-state index is -0.370. The predicted molar refractivity (Wildman–Crippen MR) is 56.3 cm³/mol. The molecule has 0 aliphatic rings. The summed E-state index contributed by atoms with van der Waals surface area (Å²) in [6.45, 7) is 5.59. The number of ketones is 1. The van der Waals surface area contributed by atoms with E-state index in [2.05, 4.69) is 0 Å². The van der Waals surface area contributed by atoms with Crippen LogP contribution in [0, 0.1) is 11.8 Å². The Morgan fingerprint density at radius 3 is 2.33 bits per heavy atom. The third kappa shape index (κ3) is 6.23. The van der Waals surface area contributed by atoms with Crippen LogP contribution in [0.2, 0.25) is 0 Å². The third-order valence-electron chi connectivity index (χ3n) is 2.09. The highest BCUT2D eigenvalue weighted by molar-refractivity contribution is 5.86. The van der Waals surface area contributed by atoms with Crippen molar-refractivity contribution in [3.05, 3.63) is 0 Å². The highest BCUT2D eigenvalue weighted by Crippen LogP contribution is 2.11. The average Bonchev–Trinajstić information content (AvgIpc) is 2.16. The summed E-state index contributed by atoms with van der Waals surface area (Å²) in [5, 5.41) is 8.48. The van der Waals surface area contributed by atoms with Crippen molar-refractivity contribution in [3.8, 4) is 0 Å². The molecule has 0 fully saturated rings. The summed E-state index contributed by atoms with van der Waals surface area (Å²) >= 11 is 0. The van der Waals surface area contributed by atoms with E-state index in [0.29, 0.717) is 6.42 Å². The molecule has 1 N–H and O–H groups in total. The summed E-state index contributed by atoms with van der Waals surface area (Å²) in [6, 6.07) is 0. The number of esters is 1. The van der Waals surface area contributed by atoms with Gasteiger partial charge in [-0.3, -0.25) is 9.59 Å². The van der Waals surface area contributed by atoms with E-state index < -0.39 is 0 Å². The van der Waals surface area contributed by atoms with Crippen LogP contribution >= 0.6 is 0 Å². The molecule has 0 aromatic rings. The molecular formula is C11H20O4. The summed E-state index contributed by atoms with van der Waals surface area (Å²) in [7, 11) is 0. The number of aliphatic hydroxyl groups excluding tert-OH is 1. The zero-order valence-corrected chi connectivity index (χ0v) is 9.66. The van der Waals surface area contributed by atoms with E-state index in [-0.39, 0.29) is 43.2 Å². The summed E-state index contributed by atoms with van der Waals surface area (Å²) < 4.78 is 4.83. The number of Topliss-reactive ketones (excluding diaryl/α,β-unsaturated/α-hetero) is 1. The molecule has 0 aromatic heterocycles. The number of ether oxygens (including phenoxy) is 1. The topological polar surface area (TPSA) is 63.6 Å². The lowest BCUT2D eigenvalue weighted by atomic mass is 9.94. The van der Waals surface area contributed by atoms with E-state index in [0.717, 1.165) is 0 Å². The van der Waals surface area contributed by atoms with E-state index in [9.17, 15) is 9.59 Å². The van der Waals surface area contributed by atoms with Crippen LogP contribution in [0.5, 0.6) is 0 Å². The second kappa shape index (κ2) is 7.40. The number of rotatable bonds is 7. The standard InChI is InChI=1S/C11H20O4/c1-8(2)11(14)9(3)7-10(13)15-6-4-5-12/h8-9,12H,4-7H2,1-3H3. The minimum absolute atomic E-state index is 0.00770. The zero-order chi connectivity index (χ0) is 11.8. The summed E-state index contributed by atoms with van der Waals surface area (Å²) in [4.78, 5) is 22.7. The van der Waals surface area contributed by atoms with Crippen LogP contribution in [-0.4, -0.2) is 30.1 Å². The van der Waals surface area contributed by atoms with Gasteiger partial charge in [-0.1, -0.05) is 20.8 Å². The van der Waals surface area contributed by atoms with Gasteiger partial charge < -0.3 is 9.84 Å². The third-order valence-corrected chi connectivity index (χ3v) is 2.09. The van der Waals surface area contributed by atoms with E-state index in [1.165, 1.54) is 0 Å². The van der Waals surface area contributed by atoms with Gasteiger partial charge in [-0.05, 0) is 0 Å². The first-order valence-corrected chi connectivity index (χ1v) is 5.29. The Labute approximate surface area is 90.6 Å². The highest BCUT2D eigenvalue weighted by Gasteiger charge is 2.19. The Morgan fingerprint density at radius 2 is 1.87 bits per heavy atom. The van der Waals surface area contributed by atoms with E-state index in [1.54, 1.807) is 6.92 Å². The van der Waals surface area contributed by atoms with Crippen LogP contribution in [0.3, 0.4) is 0 Å². The van der Waals surface area contributed by atoms with Crippen molar-refractivity contribution in [3.63, 3.8) is 0 Å². The van der Waals surface area contributed by atoms with Gasteiger partial charge in [0.05, 0.1) is 13.0 Å². The van der Waals surface area contributed by atoms with Crippen molar-refractivity contribution in [2.24, 2.45) is 11.8 Å². The maximum Gasteiger partial charge on any atom is 0.306 e. The quantitative estimate of drug-likeness (QED) is 0.512. The van der Waals surface area contributed by atoms with Gasteiger partial charge in [0, 0.05) is 24.9 Å². The first-order chi connectivity index (χ1) is 6.99. The Morgan fingerprint density at radius 1 is 1.27 bits per heavy atom. The van der Waals surface area contributed by atoms with Gasteiger partial charge in [0.1, 0.15) is 5.78 Å². The number of aliphatic hydroxyl groups is 1. The van der Waals surface area contributed by atoms with Gasteiger partial charge >= 0.3 is 5.97 Å². The molecule has 0 saturated carbocycles. The monoisotopic (exact) mass is 216 g/mol. The van der Waals surface area contributed by atoms with Crippen LogP contribution in [0.15, 0.2) is 0 Å². The lowest BCUT2D eigenvalue weighted by Gasteiger charge is -2.12. The van der Waals surface area contributed by atoms with Gasteiger partial charge in [-0.15, -0.1) is 0 Å². The Hall–Kier alpha value is -0.900. The van der Waals surface area contributed by atoms with Crippen LogP contribution in [0.1, 0.15) is 33.6 Å². The molecule has 15 heavy (non-hydrogen) atoms. The van der Waals surface area contributed by atoms with Crippen molar-refractivity contribution in [1.82, 2.24) is 0 Å². The Bertz CT molecular complexity index is 211. The van der Waals surface area contributed by atoms with Crippen molar-refractivity contribution in [2.75, 3.05) is 13.2 Å². The molecule has 0 aliphatic heterocycles. The lowest BCUT2D eigenvalue weighted by Crippen LogP contribution is -2.21. The van der Waals surface area contributed by atoms with Crippen LogP contribution in [0.4, 0.5) is 0 Å². The van der Waals surface area contributed by atoms with E-state index >= 15 is 0 Å². The molecule has 88 valence electrons. The van der Waals surface area contributed by atoms with E-state index in [4.69, 9.17) is 9.84 Å². The first-order valence-electron chi connectivity index (χ1n) is 5.29. The molecule has 0 aromatic carbocycles. The fraction of sp³-hybridized carbons (Fsp3) is 0.818. The number of carbonyl (C=O) groups is 2. The van der Waals surface area contributed by atoms with Gasteiger partial charge in [-0.2, -0.15) is 0 Å². The average molecular weight is 216 g/mol. The van der Waals surface area contributed by atoms with E-state index in [1.807, 2.05) is 13.8 Å². The molecule has 4 nitrogen and oxygen atoms in total. The van der Waals surface area contributed by atoms with Gasteiger partial charge in [-0.25, -0.2) is 0 Å². The molecule has 0 saturated heterocycles. The lowest BCUT2D eigenvalue weighted by molar-refractivity contribution is -0.147. The summed E-state index contributed by atoms with van der Waals surface area (Å²) in [5.74, 6) is -0.629. The maximum absolute atomic E-state index is 11.5. The first kappa shape index (κ1) is 14.1. The molecule has 1 atom stereocenters. The molecule has 0 heterocycles. The normalized spacial score (nSPS) is 12.6. The van der Waals surface area contributed by atoms with Gasteiger partial charge in [0.15, 0.2) is 0 Å². The molecule has 0 aliphatic carbocycles. The largest absolute Gasteiger partial charge is 0.466 e. The number of carbonyl (C=O) groups excluding carboxylic acids is 2. The molecule has 0 bridgehead atoms. The van der Waals surface area contributed by atoms with Crippen LogP contribution in [-0.2, 0) is 14.3 Å². The van der Waals surface area contributed by atoms with Crippen LogP contribution < -0.4 is 0 Å². The molecule has 0 radical (unpaired) electrons. The van der Waals surface area contributed by atoms with Crippen molar-refractivity contribution in [1.29, 1.82) is 0 Å². The van der Waals surface area contributed by atoms with Crippen molar-refractivity contribution in [2.45, 2.75) is 33.6 Å². The van der Waals surface area contributed by atoms with Gasteiger partial charge in [0.25, 0.3) is 0 Å². The molecular weight excluding hydrogens is 196 g/mol. The molecule has 1 unspecified atom stereocenters. The smallest absolute Gasteiger partial charge is 0.306 e. The second-order valence-corrected chi connectivity index (χ2v) is 3.96. The summed E-state index contributed by atoms with van der Waals surface area (Å²) in [6.07, 6.45) is 0.570. The van der Waals surface area contributed by atoms with Gasteiger partial charge in [0.2, 0.25) is 0 Å². The second-order valence-electron chi connectivity index (χ2n) is 3.96. The van der Waals surface area contributed by atoms with Crippen LogP contribution in [0.25, 0.3) is 0 Å². The number of hydrogen-bond donors (Lipinski definition) is 1. The van der Waals surface area contributed by atoms with Crippen molar-refractivity contribution >= 4 is 11.8 Å². The fourth-order valence-electron chi connectivity index (χ4n) is 1.23. The Balaban J connectivity index is 3.81. The molecule has 0 amide bonds. The molecule has 0 rings (SSSR count). The summed E-state index contributed by atoms with van der Waals surface area (Å²) in [5.41, 5.74) is 0. The SMILES string of the molecule is CC(C)C(=O)C(C)CC(=O)OCCCO. The zero-order valence-electron chi connectivity index (χ0n) is 9.66. The molecule has 4 heteroatoms. The minimum Gasteiger partial charge on any atom is -0.466 e. The maximum atomic E-state index is 11.5.